The van der Waals surface area contributed by atoms with E-state index in [0.717, 1.165) is 17.7 Å². The van der Waals surface area contributed by atoms with Crippen molar-refractivity contribution in [2.45, 2.75) is 25.8 Å². The van der Waals surface area contributed by atoms with Crippen molar-refractivity contribution < 1.29 is 18.4 Å². The molecule has 0 aliphatic carbocycles. The van der Waals surface area contributed by atoms with Crippen LogP contribution in [0.2, 0.25) is 0 Å². The summed E-state index contributed by atoms with van der Waals surface area (Å²) in [5.41, 5.74) is 1.49. The molecule has 136 valence electrons. The third kappa shape index (κ3) is 3.82. The van der Waals surface area contributed by atoms with Gasteiger partial charge in [0.2, 0.25) is 5.91 Å². The van der Waals surface area contributed by atoms with Gasteiger partial charge in [0.05, 0.1) is 5.69 Å². The molecule has 3 rings (SSSR count). The van der Waals surface area contributed by atoms with Gasteiger partial charge in [-0.3, -0.25) is 4.79 Å². The number of para-hydroxylation sites is 1. The molecule has 1 heterocycles. The Kier molecular flexibility index (Phi) is 5.16. The average Bonchev–Trinajstić information content (AvgIpc) is 3.09. The van der Waals surface area contributed by atoms with E-state index in [1.807, 2.05) is 25.1 Å². The second-order valence-electron chi connectivity index (χ2n) is 6.21. The molecule has 3 amide bonds. The number of carbonyl (C=O) groups is 2. The number of rotatable bonds is 3. The quantitative estimate of drug-likeness (QED) is 0.873. The molecular weight excluding hydrogens is 340 g/mol. The minimum atomic E-state index is -0.863. The first kappa shape index (κ1) is 17.8. The van der Waals surface area contributed by atoms with Gasteiger partial charge >= 0.3 is 6.03 Å². The summed E-state index contributed by atoms with van der Waals surface area (Å²) in [5, 5.41) is 5.24. The summed E-state index contributed by atoms with van der Waals surface area (Å²) >= 11 is 0. The van der Waals surface area contributed by atoms with E-state index in [0.29, 0.717) is 31.1 Å². The molecule has 2 aromatic rings. The van der Waals surface area contributed by atoms with Crippen LogP contribution in [0.3, 0.4) is 0 Å². The van der Waals surface area contributed by atoms with Gasteiger partial charge in [-0.25, -0.2) is 13.6 Å². The molecule has 0 aromatic heterocycles. The number of nitrogens with zero attached hydrogens (tertiary/aromatic N) is 1. The zero-order valence-electron chi connectivity index (χ0n) is 14.3. The van der Waals surface area contributed by atoms with Gasteiger partial charge in [0.25, 0.3) is 0 Å². The number of carbonyl (C=O) groups excluding carboxylic acids is 2. The molecule has 26 heavy (non-hydrogen) atoms. The summed E-state index contributed by atoms with van der Waals surface area (Å²) in [6.07, 6.45) is 1.20. The van der Waals surface area contributed by atoms with E-state index in [2.05, 4.69) is 10.6 Å². The van der Waals surface area contributed by atoms with Crippen LogP contribution in [-0.2, 0) is 4.79 Å². The molecule has 0 bridgehead atoms. The Morgan fingerprint density at radius 1 is 1.08 bits per heavy atom. The maximum Gasteiger partial charge on any atom is 0.322 e. The lowest BCUT2D eigenvalue weighted by Crippen LogP contribution is -2.45. The zero-order valence-corrected chi connectivity index (χ0v) is 14.3. The van der Waals surface area contributed by atoms with Crippen molar-refractivity contribution in [2.24, 2.45) is 0 Å². The van der Waals surface area contributed by atoms with E-state index in [1.54, 1.807) is 6.07 Å². The van der Waals surface area contributed by atoms with Gasteiger partial charge in [0.15, 0.2) is 0 Å². The van der Waals surface area contributed by atoms with Crippen LogP contribution in [0.1, 0.15) is 18.4 Å². The van der Waals surface area contributed by atoms with E-state index in [-0.39, 0.29) is 11.6 Å². The number of anilines is 2. The van der Waals surface area contributed by atoms with Crippen LogP contribution in [0.5, 0.6) is 0 Å². The van der Waals surface area contributed by atoms with Crippen LogP contribution in [0.4, 0.5) is 25.0 Å². The predicted octanol–water partition coefficient (Wildman–Crippen LogP) is 3.91. The highest BCUT2D eigenvalue weighted by Gasteiger charge is 2.34. The van der Waals surface area contributed by atoms with Gasteiger partial charge in [0.1, 0.15) is 17.7 Å². The van der Waals surface area contributed by atoms with Gasteiger partial charge in [-0.15, -0.1) is 0 Å². The summed E-state index contributed by atoms with van der Waals surface area (Å²) in [7, 11) is 0. The highest BCUT2D eigenvalue weighted by Crippen LogP contribution is 2.23. The lowest BCUT2D eigenvalue weighted by molar-refractivity contribution is -0.119. The highest BCUT2D eigenvalue weighted by molar-refractivity contribution is 6.00. The molecule has 2 N–H and O–H groups in total. The molecule has 1 saturated heterocycles. The maximum atomic E-state index is 13.7. The molecule has 0 unspecified atom stereocenters. The van der Waals surface area contributed by atoms with Crippen LogP contribution in [0.25, 0.3) is 0 Å². The Morgan fingerprint density at radius 3 is 2.58 bits per heavy atom. The van der Waals surface area contributed by atoms with Crippen LogP contribution >= 0.6 is 0 Å². The third-order valence-electron chi connectivity index (χ3n) is 4.39. The Labute approximate surface area is 150 Å². The average molecular weight is 359 g/mol. The largest absolute Gasteiger partial charge is 0.324 e. The number of hydrogen-bond acceptors (Lipinski definition) is 2. The number of benzene rings is 2. The van der Waals surface area contributed by atoms with E-state index in [4.69, 9.17) is 0 Å². The standard InChI is InChI=1S/C19H19F2N3O2/c1-12-5-2-3-6-15(12)22-18(25)17-7-4-10-24(17)19(26)23-16-9-8-13(20)11-14(16)21/h2-3,5-6,8-9,11,17H,4,7,10H2,1H3,(H,22,25)(H,23,26)/t17-/m1/s1. The Morgan fingerprint density at radius 2 is 1.85 bits per heavy atom. The van der Waals surface area contributed by atoms with E-state index in [9.17, 15) is 18.4 Å². The SMILES string of the molecule is Cc1ccccc1NC(=O)[C@H]1CCCN1C(=O)Nc1ccc(F)cc1F. The van der Waals surface area contributed by atoms with Crippen LogP contribution in [0.15, 0.2) is 42.5 Å². The molecule has 0 radical (unpaired) electrons. The molecule has 1 aliphatic rings. The number of likely N-dealkylation sites (tertiary alicyclic amines) is 1. The normalized spacial score (nSPS) is 16.4. The van der Waals surface area contributed by atoms with Gasteiger partial charge in [0, 0.05) is 18.3 Å². The van der Waals surface area contributed by atoms with E-state index < -0.39 is 23.7 Å². The number of nitrogens with one attached hydrogen (secondary N) is 2. The molecule has 0 saturated carbocycles. The molecule has 7 heteroatoms. The summed E-state index contributed by atoms with van der Waals surface area (Å²) < 4.78 is 26.7. The first-order valence-electron chi connectivity index (χ1n) is 8.35. The van der Waals surface area contributed by atoms with Gasteiger partial charge in [-0.05, 0) is 43.5 Å². The van der Waals surface area contributed by atoms with Crippen molar-refractivity contribution in [1.82, 2.24) is 4.90 Å². The first-order valence-corrected chi connectivity index (χ1v) is 8.35. The smallest absolute Gasteiger partial charge is 0.322 e. The third-order valence-corrected chi connectivity index (χ3v) is 4.39. The minimum absolute atomic E-state index is 0.124. The molecule has 2 aromatic carbocycles. The first-order chi connectivity index (χ1) is 12.5. The summed E-state index contributed by atoms with van der Waals surface area (Å²) in [5.74, 6) is -1.87. The van der Waals surface area contributed by atoms with Gasteiger partial charge in [-0.1, -0.05) is 18.2 Å². The fraction of sp³-hybridized carbons (Fsp3) is 0.263. The Hall–Kier alpha value is -2.96. The minimum Gasteiger partial charge on any atom is -0.324 e. The number of hydrogen-bond donors (Lipinski definition) is 2. The van der Waals surface area contributed by atoms with E-state index >= 15 is 0 Å². The van der Waals surface area contributed by atoms with Crippen LogP contribution in [-0.4, -0.2) is 29.4 Å². The Bertz CT molecular complexity index is 841. The summed E-state index contributed by atoms with van der Waals surface area (Å²) in [4.78, 5) is 26.4. The topological polar surface area (TPSA) is 61.4 Å². The molecule has 5 nitrogen and oxygen atoms in total. The van der Waals surface area contributed by atoms with Crippen molar-refractivity contribution in [3.05, 3.63) is 59.7 Å². The van der Waals surface area contributed by atoms with Crippen molar-refractivity contribution >= 4 is 23.3 Å². The fourth-order valence-electron chi connectivity index (χ4n) is 2.99. The van der Waals surface area contributed by atoms with Crippen LogP contribution < -0.4 is 10.6 Å². The summed E-state index contributed by atoms with van der Waals surface area (Å²) in [6, 6.07) is 9.05. The molecular formula is C19H19F2N3O2. The second kappa shape index (κ2) is 7.51. The zero-order chi connectivity index (χ0) is 18.7. The maximum absolute atomic E-state index is 13.7. The Balaban J connectivity index is 1.70. The van der Waals surface area contributed by atoms with Gasteiger partial charge in [-0.2, -0.15) is 0 Å². The van der Waals surface area contributed by atoms with E-state index in [1.165, 1.54) is 4.90 Å². The highest BCUT2D eigenvalue weighted by atomic mass is 19.1. The molecule has 1 aliphatic heterocycles. The number of aryl methyl sites for hydroxylation is 1. The van der Waals surface area contributed by atoms with Gasteiger partial charge < -0.3 is 15.5 Å². The lowest BCUT2D eigenvalue weighted by atomic mass is 10.1. The predicted molar refractivity (Wildman–Crippen MR) is 94.9 cm³/mol. The lowest BCUT2D eigenvalue weighted by Gasteiger charge is -2.24. The monoisotopic (exact) mass is 359 g/mol. The number of urea groups is 1. The number of amides is 3. The van der Waals surface area contributed by atoms with Crippen molar-refractivity contribution in [3.63, 3.8) is 0 Å². The fourth-order valence-corrected chi connectivity index (χ4v) is 2.99. The van der Waals surface area contributed by atoms with Crippen LogP contribution in [0, 0.1) is 18.6 Å². The van der Waals surface area contributed by atoms with Crippen molar-refractivity contribution in [1.29, 1.82) is 0 Å². The molecule has 1 atom stereocenters. The number of halogens is 2. The van der Waals surface area contributed by atoms with Crippen molar-refractivity contribution in [2.75, 3.05) is 17.2 Å². The van der Waals surface area contributed by atoms with Crippen molar-refractivity contribution in [3.8, 4) is 0 Å². The summed E-state index contributed by atoms with van der Waals surface area (Å²) in [6.45, 7) is 2.27. The molecule has 0 spiro atoms. The molecule has 1 fully saturated rings. The second-order valence-corrected chi connectivity index (χ2v) is 6.21.